The highest BCUT2D eigenvalue weighted by Gasteiger charge is 2.15. The first kappa shape index (κ1) is 22.8. The summed E-state index contributed by atoms with van der Waals surface area (Å²) in [5.41, 5.74) is 1.11. The molecule has 0 bridgehead atoms. The Morgan fingerprint density at radius 1 is 0.933 bits per heavy atom. The van der Waals surface area contributed by atoms with Gasteiger partial charge in [0.25, 0.3) is 5.91 Å². The number of carbonyl (C=O) groups excluding carboxylic acids is 3. The third-order valence-electron chi connectivity index (χ3n) is 3.77. The summed E-state index contributed by atoms with van der Waals surface area (Å²) in [6.45, 7) is 6.12. The van der Waals surface area contributed by atoms with Gasteiger partial charge in [-0.05, 0) is 51.5 Å². The van der Waals surface area contributed by atoms with E-state index in [0.717, 1.165) is 0 Å². The van der Waals surface area contributed by atoms with Gasteiger partial charge in [-0.15, -0.1) is 0 Å². The van der Waals surface area contributed by atoms with Crippen LogP contribution >= 0.6 is 0 Å². The third-order valence-corrected chi connectivity index (χ3v) is 3.77. The number of rotatable bonds is 7. The van der Waals surface area contributed by atoms with Crippen LogP contribution in [0.1, 0.15) is 47.9 Å². The number of esters is 1. The summed E-state index contributed by atoms with van der Waals surface area (Å²) in [4.78, 5) is 44.1. The van der Waals surface area contributed by atoms with Crippen LogP contribution in [0.4, 0.5) is 4.79 Å². The minimum atomic E-state index is -0.553. The standard InChI is InChI=1S/C21H26N4O5/c1-21(2,3)30-20(28)25-9-5-8-24-18(26)14-6-10-22-16(12-14)17-13-15(7-11-23-17)19(27)29-4/h6-7,10-13H,5,8-9H2,1-4H3,(H,24,26)(H,25,28). The van der Waals surface area contributed by atoms with Crippen molar-refractivity contribution < 1.29 is 23.9 Å². The molecule has 0 radical (unpaired) electrons. The molecule has 0 saturated carbocycles. The third kappa shape index (κ3) is 7.16. The number of carbonyl (C=O) groups is 3. The molecule has 0 fully saturated rings. The Bertz CT molecular complexity index is 908. The predicted octanol–water partition coefficient (Wildman–Crippen LogP) is 2.57. The number of nitrogens with one attached hydrogen (secondary N) is 2. The highest BCUT2D eigenvalue weighted by atomic mass is 16.6. The van der Waals surface area contributed by atoms with Crippen molar-refractivity contribution in [1.29, 1.82) is 0 Å². The van der Waals surface area contributed by atoms with E-state index in [1.165, 1.54) is 25.6 Å². The number of pyridine rings is 2. The molecule has 9 heteroatoms. The van der Waals surface area contributed by atoms with Crippen molar-refractivity contribution in [3.8, 4) is 11.4 Å². The van der Waals surface area contributed by atoms with Crippen LogP contribution in [0, 0.1) is 0 Å². The molecule has 2 aromatic heterocycles. The molecule has 0 aromatic carbocycles. The van der Waals surface area contributed by atoms with Gasteiger partial charge in [0.15, 0.2) is 0 Å². The maximum Gasteiger partial charge on any atom is 0.407 e. The molecule has 0 spiro atoms. The maximum atomic E-state index is 12.4. The number of amides is 2. The molecule has 2 N–H and O–H groups in total. The number of aromatic nitrogens is 2. The van der Waals surface area contributed by atoms with Gasteiger partial charge in [0.05, 0.1) is 24.1 Å². The van der Waals surface area contributed by atoms with Crippen LogP contribution in [0.15, 0.2) is 36.7 Å². The first-order valence-corrected chi connectivity index (χ1v) is 9.45. The number of ether oxygens (including phenoxy) is 2. The van der Waals surface area contributed by atoms with Crippen LogP contribution in [0.25, 0.3) is 11.4 Å². The lowest BCUT2D eigenvalue weighted by atomic mass is 10.1. The molecule has 2 heterocycles. The smallest absolute Gasteiger partial charge is 0.407 e. The summed E-state index contributed by atoms with van der Waals surface area (Å²) in [6.07, 6.45) is 3.04. The average molecular weight is 414 g/mol. The van der Waals surface area contributed by atoms with Crippen molar-refractivity contribution in [2.45, 2.75) is 32.8 Å². The molecule has 160 valence electrons. The molecule has 0 unspecified atom stereocenters. The van der Waals surface area contributed by atoms with E-state index < -0.39 is 17.7 Å². The largest absolute Gasteiger partial charge is 0.465 e. The molecular formula is C21H26N4O5. The zero-order chi connectivity index (χ0) is 22.1. The molecule has 2 amide bonds. The van der Waals surface area contributed by atoms with Gasteiger partial charge in [0.1, 0.15) is 5.60 Å². The van der Waals surface area contributed by atoms with E-state index in [1.807, 2.05) is 0 Å². The highest BCUT2D eigenvalue weighted by Crippen LogP contribution is 2.17. The first-order valence-electron chi connectivity index (χ1n) is 9.45. The molecular weight excluding hydrogens is 388 g/mol. The van der Waals surface area contributed by atoms with E-state index in [9.17, 15) is 14.4 Å². The Morgan fingerprint density at radius 2 is 1.50 bits per heavy atom. The minimum absolute atomic E-state index is 0.278. The van der Waals surface area contributed by atoms with E-state index in [4.69, 9.17) is 9.47 Å². The lowest BCUT2D eigenvalue weighted by molar-refractivity contribution is 0.0526. The van der Waals surface area contributed by atoms with Crippen LogP contribution < -0.4 is 10.6 Å². The second-order valence-corrected chi connectivity index (χ2v) is 7.39. The van der Waals surface area contributed by atoms with Crippen LogP contribution in [0.5, 0.6) is 0 Å². The zero-order valence-electron chi connectivity index (χ0n) is 17.5. The van der Waals surface area contributed by atoms with E-state index in [1.54, 1.807) is 39.0 Å². The Morgan fingerprint density at radius 3 is 2.10 bits per heavy atom. The van der Waals surface area contributed by atoms with Crippen LogP contribution in [0.3, 0.4) is 0 Å². The second-order valence-electron chi connectivity index (χ2n) is 7.39. The fraction of sp³-hybridized carbons (Fsp3) is 0.381. The lowest BCUT2D eigenvalue weighted by Gasteiger charge is -2.19. The zero-order valence-corrected chi connectivity index (χ0v) is 17.5. The summed E-state index contributed by atoms with van der Waals surface area (Å²) < 4.78 is 9.85. The monoisotopic (exact) mass is 414 g/mol. The minimum Gasteiger partial charge on any atom is -0.465 e. The molecule has 0 aliphatic carbocycles. The summed E-state index contributed by atoms with van der Waals surface area (Å²) >= 11 is 0. The van der Waals surface area contributed by atoms with E-state index >= 15 is 0 Å². The molecule has 30 heavy (non-hydrogen) atoms. The van der Waals surface area contributed by atoms with Gasteiger partial charge in [-0.1, -0.05) is 0 Å². The number of hydrogen-bond acceptors (Lipinski definition) is 7. The number of nitrogens with zero attached hydrogens (tertiary/aromatic N) is 2. The Kier molecular flexibility index (Phi) is 7.85. The average Bonchev–Trinajstić information content (AvgIpc) is 2.71. The fourth-order valence-electron chi connectivity index (χ4n) is 2.42. The van der Waals surface area contributed by atoms with Crippen molar-refractivity contribution >= 4 is 18.0 Å². The molecule has 2 aromatic rings. The summed E-state index contributed by atoms with van der Waals surface area (Å²) in [7, 11) is 1.30. The normalized spacial score (nSPS) is 10.8. The molecule has 0 saturated heterocycles. The molecule has 0 atom stereocenters. The Hall–Kier alpha value is -3.49. The van der Waals surface area contributed by atoms with Gasteiger partial charge in [-0.2, -0.15) is 0 Å². The van der Waals surface area contributed by atoms with E-state index in [-0.39, 0.29) is 5.91 Å². The van der Waals surface area contributed by atoms with Gasteiger partial charge < -0.3 is 20.1 Å². The van der Waals surface area contributed by atoms with Gasteiger partial charge in [0.2, 0.25) is 0 Å². The molecule has 0 aliphatic rings. The van der Waals surface area contributed by atoms with Crippen LogP contribution in [-0.2, 0) is 9.47 Å². The van der Waals surface area contributed by atoms with E-state index in [0.29, 0.717) is 42.0 Å². The molecule has 0 aliphatic heterocycles. The van der Waals surface area contributed by atoms with Gasteiger partial charge in [0, 0.05) is 31.0 Å². The first-order chi connectivity index (χ1) is 14.2. The summed E-state index contributed by atoms with van der Waals surface area (Å²) in [6, 6.07) is 6.27. The van der Waals surface area contributed by atoms with Crippen molar-refractivity contribution in [1.82, 2.24) is 20.6 Å². The number of hydrogen-bond donors (Lipinski definition) is 2. The Balaban J connectivity index is 1.89. The number of alkyl carbamates (subject to hydrolysis) is 1. The predicted molar refractivity (Wildman–Crippen MR) is 110 cm³/mol. The summed E-state index contributed by atoms with van der Waals surface area (Å²) in [5.74, 6) is -0.757. The summed E-state index contributed by atoms with van der Waals surface area (Å²) in [5, 5.41) is 5.42. The van der Waals surface area contributed by atoms with Gasteiger partial charge in [-0.25, -0.2) is 9.59 Å². The topological polar surface area (TPSA) is 120 Å². The molecule has 2 rings (SSSR count). The van der Waals surface area contributed by atoms with Crippen molar-refractivity contribution in [2.24, 2.45) is 0 Å². The highest BCUT2D eigenvalue weighted by molar-refractivity contribution is 5.95. The van der Waals surface area contributed by atoms with Crippen molar-refractivity contribution in [3.63, 3.8) is 0 Å². The quantitative estimate of drug-likeness (QED) is 0.528. The Labute approximate surface area is 175 Å². The van der Waals surface area contributed by atoms with Crippen molar-refractivity contribution in [3.05, 3.63) is 47.8 Å². The lowest BCUT2D eigenvalue weighted by Crippen LogP contribution is -2.34. The second kappa shape index (κ2) is 10.3. The SMILES string of the molecule is COC(=O)c1ccnc(-c2cc(C(=O)NCCCNC(=O)OC(C)(C)C)ccn2)c1. The van der Waals surface area contributed by atoms with Crippen LogP contribution in [-0.4, -0.2) is 53.7 Å². The maximum absolute atomic E-state index is 12.4. The van der Waals surface area contributed by atoms with Crippen molar-refractivity contribution in [2.75, 3.05) is 20.2 Å². The van der Waals surface area contributed by atoms with Crippen LogP contribution in [0.2, 0.25) is 0 Å². The van der Waals surface area contributed by atoms with Gasteiger partial charge in [-0.3, -0.25) is 14.8 Å². The van der Waals surface area contributed by atoms with E-state index in [2.05, 4.69) is 20.6 Å². The fourth-order valence-corrected chi connectivity index (χ4v) is 2.42. The molecule has 9 nitrogen and oxygen atoms in total. The van der Waals surface area contributed by atoms with Gasteiger partial charge >= 0.3 is 12.1 Å². The number of methoxy groups -OCH3 is 1.